The summed E-state index contributed by atoms with van der Waals surface area (Å²) in [5.74, 6) is -0.270. The molecule has 0 aliphatic rings. The van der Waals surface area contributed by atoms with E-state index in [2.05, 4.69) is 10.6 Å². The van der Waals surface area contributed by atoms with Crippen molar-refractivity contribution in [3.63, 3.8) is 0 Å². The van der Waals surface area contributed by atoms with Crippen LogP contribution in [0.25, 0.3) is 0 Å². The lowest BCUT2D eigenvalue weighted by Crippen LogP contribution is -2.51. The first kappa shape index (κ1) is 19.8. The van der Waals surface area contributed by atoms with Gasteiger partial charge in [0.15, 0.2) is 0 Å². The van der Waals surface area contributed by atoms with Crippen molar-refractivity contribution in [1.82, 2.24) is 10.6 Å². The maximum Gasteiger partial charge on any atom is 0.347 e. The van der Waals surface area contributed by atoms with Gasteiger partial charge in [-0.3, -0.25) is 14.7 Å². The first-order chi connectivity index (χ1) is 10.4. The van der Waals surface area contributed by atoms with Crippen molar-refractivity contribution in [2.24, 2.45) is 0 Å². The van der Waals surface area contributed by atoms with Crippen molar-refractivity contribution in [2.75, 3.05) is 7.11 Å². The maximum absolute atomic E-state index is 12.7. The Kier molecular flexibility index (Phi) is 6.16. The molecule has 0 aliphatic heterocycles. The second-order valence-corrected chi connectivity index (χ2v) is 9.51. The molecule has 130 valence electrons. The molecular formula is C16H27N2O4P. The van der Waals surface area contributed by atoms with Crippen molar-refractivity contribution in [2.45, 2.75) is 51.5 Å². The number of carbonyl (C=O) groups excluding carboxylic acids is 1. The average Bonchev–Trinajstić information content (AvgIpc) is 2.43. The van der Waals surface area contributed by atoms with Gasteiger partial charge in [-0.05, 0) is 40.2 Å². The van der Waals surface area contributed by atoms with Crippen molar-refractivity contribution < 1.29 is 18.8 Å². The zero-order chi connectivity index (χ0) is 17.9. The molecule has 7 heteroatoms. The minimum absolute atomic E-state index is 0.270. The number of rotatable bonds is 6. The van der Waals surface area contributed by atoms with E-state index in [-0.39, 0.29) is 5.91 Å². The van der Waals surface area contributed by atoms with Gasteiger partial charge < -0.3 is 14.7 Å². The first-order valence-electron chi connectivity index (χ1n) is 7.43. The van der Waals surface area contributed by atoms with Crippen molar-refractivity contribution >= 4 is 13.5 Å². The number of hydrogen-bond acceptors (Lipinski definition) is 4. The molecule has 1 aromatic rings. The predicted molar refractivity (Wildman–Crippen MR) is 91.1 cm³/mol. The van der Waals surface area contributed by atoms with Gasteiger partial charge in [0, 0.05) is 12.6 Å². The summed E-state index contributed by atoms with van der Waals surface area (Å²) in [4.78, 5) is 22.7. The Morgan fingerprint density at radius 2 is 1.70 bits per heavy atom. The van der Waals surface area contributed by atoms with Crippen LogP contribution in [-0.2, 0) is 13.9 Å². The third-order valence-corrected chi connectivity index (χ3v) is 5.38. The van der Waals surface area contributed by atoms with E-state index < -0.39 is 24.5 Å². The average molecular weight is 342 g/mol. The molecule has 0 fully saturated rings. The van der Waals surface area contributed by atoms with E-state index in [0.717, 1.165) is 0 Å². The normalized spacial score (nSPS) is 16.5. The quantitative estimate of drug-likeness (QED) is 0.692. The summed E-state index contributed by atoms with van der Waals surface area (Å²) in [5, 5.41) is 4.58. The third kappa shape index (κ3) is 5.43. The van der Waals surface area contributed by atoms with Gasteiger partial charge in [-0.15, -0.1) is 0 Å². The standard InChI is InChI=1S/C16H27N2O4P/c1-15(2,3)18-14(19)13(12-10-8-7-9-11-12)17-16(4,5)23(20,21)22-6/h7-11,13,17H,1-6H3,(H,18,19)(H,20,21). The Hall–Kier alpha value is -1.20. The molecule has 0 saturated heterocycles. The highest BCUT2D eigenvalue weighted by Gasteiger charge is 2.43. The lowest BCUT2D eigenvalue weighted by molar-refractivity contribution is -0.125. The Bertz CT molecular complexity index is 581. The molecule has 3 N–H and O–H groups in total. The summed E-state index contributed by atoms with van der Waals surface area (Å²) >= 11 is 0. The van der Waals surface area contributed by atoms with Crippen molar-refractivity contribution in [3.8, 4) is 0 Å². The highest BCUT2D eigenvalue weighted by atomic mass is 31.2. The molecule has 0 spiro atoms. The Balaban J connectivity index is 3.16. The van der Waals surface area contributed by atoms with Gasteiger partial charge in [-0.2, -0.15) is 0 Å². The van der Waals surface area contributed by atoms with Gasteiger partial charge in [0.25, 0.3) is 0 Å². The Morgan fingerprint density at radius 3 is 2.13 bits per heavy atom. The largest absolute Gasteiger partial charge is 0.350 e. The van der Waals surface area contributed by atoms with E-state index in [1.54, 1.807) is 12.1 Å². The molecule has 2 unspecified atom stereocenters. The van der Waals surface area contributed by atoms with Gasteiger partial charge in [-0.1, -0.05) is 30.3 Å². The summed E-state index contributed by atoms with van der Waals surface area (Å²) in [6, 6.07) is 8.29. The summed E-state index contributed by atoms with van der Waals surface area (Å²) in [6.45, 7) is 8.72. The van der Waals surface area contributed by atoms with E-state index in [0.29, 0.717) is 5.56 Å². The lowest BCUT2D eigenvalue weighted by atomic mass is 10.0. The molecule has 23 heavy (non-hydrogen) atoms. The van der Waals surface area contributed by atoms with Gasteiger partial charge in [0.05, 0.1) is 0 Å². The second kappa shape index (κ2) is 7.14. The fraction of sp³-hybridized carbons (Fsp3) is 0.562. The number of nitrogens with one attached hydrogen (secondary N) is 2. The SMILES string of the molecule is COP(=O)(O)C(C)(C)NC(C(=O)NC(C)(C)C)c1ccccc1. The van der Waals surface area contributed by atoms with E-state index >= 15 is 0 Å². The fourth-order valence-corrected chi connectivity index (χ4v) is 2.80. The highest BCUT2D eigenvalue weighted by Crippen LogP contribution is 2.53. The predicted octanol–water partition coefficient (Wildman–Crippen LogP) is 2.80. The molecule has 1 rings (SSSR count). The highest BCUT2D eigenvalue weighted by molar-refractivity contribution is 7.54. The van der Waals surface area contributed by atoms with Gasteiger partial charge in [-0.25, -0.2) is 0 Å². The molecule has 0 bridgehead atoms. The van der Waals surface area contributed by atoms with Crippen LogP contribution in [0.2, 0.25) is 0 Å². The van der Waals surface area contributed by atoms with E-state index in [9.17, 15) is 14.3 Å². The minimum atomic E-state index is -3.93. The van der Waals surface area contributed by atoms with Crippen LogP contribution in [0.4, 0.5) is 0 Å². The van der Waals surface area contributed by atoms with Crippen LogP contribution in [-0.4, -0.2) is 28.7 Å². The Morgan fingerprint density at radius 1 is 1.17 bits per heavy atom. The lowest BCUT2D eigenvalue weighted by Gasteiger charge is -2.34. The first-order valence-corrected chi connectivity index (χ1v) is 9.01. The van der Waals surface area contributed by atoms with Crippen LogP contribution in [0.15, 0.2) is 30.3 Å². The van der Waals surface area contributed by atoms with Crippen molar-refractivity contribution in [1.29, 1.82) is 0 Å². The summed E-state index contributed by atoms with van der Waals surface area (Å²) in [6.07, 6.45) is 0. The molecule has 1 amide bonds. The summed E-state index contributed by atoms with van der Waals surface area (Å²) < 4.78 is 17.0. The molecule has 6 nitrogen and oxygen atoms in total. The van der Waals surface area contributed by atoms with E-state index in [1.165, 1.54) is 21.0 Å². The summed E-state index contributed by atoms with van der Waals surface area (Å²) in [5.41, 5.74) is 0.290. The van der Waals surface area contributed by atoms with Crippen LogP contribution in [0.1, 0.15) is 46.2 Å². The van der Waals surface area contributed by atoms with Crippen LogP contribution < -0.4 is 10.6 Å². The molecular weight excluding hydrogens is 315 g/mol. The number of amides is 1. The number of carbonyl (C=O) groups is 1. The molecule has 0 aliphatic carbocycles. The topological polar surface area (TPSA) is 87.7 Å². The monoisotopic (exact) mass is 342 g/mol. The maximum atomic E-state index is 12.7. The summed E-state index contributed by atoms with van der Waals surface area (Å²) in [7, 11) is -2.76. The van der Waals surface area contributed by atoms with E-state index in [1.807, 2.05) is 39.0 Å². The van der Waals surface area contributed by atoms with Crippen molar-refractivity contribution in [3.05, 3.63) is 35.9 Å². The van der Waals surface area contributed by atoms with Gasteiger partial charge in [0.1, 0.15) is 11.3 Å². The van der Waals surface area contributed by atoms with Crippen LogP contribution in [0, 0.1) is 0 Å². The van der Waals surface area contributed by atoms with Gasteiger partial charge >= 0.3 is 7.60 Å². The molecule has 0 aromatic heterocycles. The number of hydrogen-bond donors (Lipinski definition) is 3. The zero-order valence-electron chi connectivity index (χ0n) is 14.6. The molecule has 2 atom stereocenters. The van der Waals surface area contributed by atoms with Gasteiger partial charge in [0.2, 0.25) is 5.91 Å². The molecule has 0 heterocycles. The zero-order valence-corrected chi connectivity index (χ0v) is 15.5. The fourth-order valence-electron chi connectivity index (χ4n) is 2.05. The molecule has 1 aromatic carbocycles. The van der Waals surface area contributed by atoms with Crippen LogP contribution in [0.3, 0.4) is 0 Å². The van der Waals surface area contributed by atoms with Crippen LogP contribution in [0.5, 0.6) is 0 Å². The molecule has 0 saturated carbocycles. The number of benzene rings is 1. The Labute approximate surface area is 138 Å². The third-order valence-electron chi connectivity index (χ3n) is 3.34. The van der Waals surface area contributed by atoms with Crippen LogP contribution >= 0.6 is 7.60 Å². The second-order valence-electron chi connectivity index (χ2n) is 6.99. The van der Waals surface area contributed by atoms with E-state index in [4.69, 9.17) is 4.52 Å². The smallest absolute Gasteiger partial charge is 0.347 e. The molecule has 0 radical (unpaired) electrons. The minimum Gasteiger partial charge on any atom is -0.350 e.